The van der Waals surface area contributed by atoms with Gasteiger partial charge in [0.2, 0.25) is 0 Å². The van der Waals surface area contributed by atoms with Crippen LogP contribution in [0, 0.1) is 0 Å². The largest absolute Gasteiger partial charge is 0.481 e. The monoisotopic (exact) mass is 1170 g/mol. The van der Waals surface area contributed by atoms with Crippen molar-refractivity contribution in [2.45, 2.75) is 56.2 Å². The van der Waals surface area contributed by atoms with Crippen LogP contribution in [0.3, 0.4) is 0 Å². The summed E-state index contributed by atoms with van der Waals surface area (Å²) in [5, 5.41) is 0.693. The number of phosphoric ester groups is 2. The van der Waals surface area contributed by atoms with E-state index in [-0.39, 0.29) is 47.0 Å². The molecular formula is C14H26Br8O14P4. The Morgan fingerprint density at radius 3 is 0.850 bits per heavy atom. The second-order valence-electron chi connectivity index (χ2n) is 8.08. The smallest absolute Gasteiger partial charge is 0.302 e. The summed E-state index contributed by atoms with van der Waals surface area (Å²) in [5.74, 6) is 0. The van der Waals surface area contributed by atoms with Gasteiger partial charge in [0, 0.05) is 40.6 Å². The summed E-state index contributed by atoms with van der Waals surface area (Å²) in [6, 6.07) is 0. The first-order chi connectivity index (χ1) is 17.9. The molecule has 0 aliphatic rings. The van der Waals surface area contributed by atoms with E-state index in [0.29, 0.717) is 0 Å². The van der Waals surface area contributed by atoms with Crippen LogP contribution in [0.4, 0.5) is 0 Å². The third-order valence-corrected chi connectivity index (χ3v) is 18.4. The van der Waals surface area contributed by atoms with Gasteiger partial charge in [-0.2, -0.15) is 8.62 Å². The molecule has 6 N–H and O–H groups in total. The molecule has 6 atom stereocenters. The highest BCUT2D eigenvalue weighted by molar-refractivity contribution is 9.13. The first-order valence-electron chi connectivity index (χ1n) is 10.3. The van der Waals surface area contributed by atoms with Crippen LogP contribution in [0.1, 0.15) is 25.7 Å². The fourth-order valence-corrected chi connectivity index (χ4v) is 10.6. The van der Waals surface area contributed by atoms with Gasteiger partial charge < -0.3 is 29.4 Å². The molecule has 0 aliphatic heterocycles. The van der Waals surface area contributed by atoms with Gasteiger partial charge >= 0.3 is 31.3 Å². The number of rotatable bonds is 21. The number of halogens is 8. The molecule has 0 aromatic rings. The minimum absolute atomic E-state index is 0.173. The van der Waals surface area contributed by atoms with Crippen LogP contribution in [0.2, 0.25) is 0 Å². The van der Waals surface area contributed by atoms with E-state index in [9.17, 15) is 47.6 Å². The molecule has 6 unspecified atom stereocenters. The molecule has 0 fully saturated rings. The fraction of sp³-hybridized carbons (Fsp3) is 1.00. The molecule has 0 aromatic carbocycles. The summed E-state index contributed by atoms with van der Waals surface area (Å²) < 4.78 is 68.7. The standard InChI is InChI=1S/C14H26Br8O14P4/c15-5-9(19)1-13(2-10(20)6-16,33-39(29,30)35-37(23,24)25)14(3-11(21)7-17,4-12(22)8-18)34-40(31,32)36-38(26,27)28/h9-12H,1-8H2,(H,29,30)(H,31,32)(H2,23,24,25)(H2,26,27,28). The molecular weight excluding hydrogens is 1160 g/mol. The van der Waals surface area contributed by atoms with Gasteiger partial charge in [-0.1, -0.05) is 127 Å². The molecule has 0 rings (SSSR count). The Kier molecular flexibility index (Phi) is 20.8. The maximum atomic E-state index is 13.1. The van der Waals surface area contributed by atoms with E-state index < -0.39 is 61.8 Å². The van der Waals surface area contributed by atoms with Crippen molar-refractivity contribution in [3.63, 3.8) is 0 Å². The number of hydrogen-bond donors (Lipinski definition) is 6. The van der Waals surface area contributed by atoms with Crippen LogP contribution in [-0.4, -0.2) is 81.2 Å². The summed E-state index contributed by atoms with van der Waals surface area (Å²) in [7, 11) is -22.7. The van der Waals surface area contributed by atoms with Crippen molar-refractivity contribution in [2.24, 2.45) is 0 Å². The fourth-order valence-electron chi connectivity index (χ4n) is 3.62. The van der Waals surface area contributed by atoms with Gasteiger partial charge in [0.1, 0.15) is 11.2 Å². The third-order valence-electron chi connectivity index (χ3n) is 4.70. The van der Waals surface area contributed by atoms with Crippen LogP contribution in [0.25, 0.3) is 0 Å². The molecule has 0 aromatic heterocycles. The van der Waals surface area contributed by atoms with E-state index in [1.165, 1.54) is 0 Å². The lowest BCUT2D eigenvalue weighted by Gasteiger charge is -2.52. The highest BCUT2D eigenvalue weighted by atomic mass is 79.9. The summed E-state index contributed by atoms with van der Waals surface area (Å²) in [6.07, 6.45) is -1.38. The van der Waals surface area contributed by atoms with Crippen molar-refractivity contribution in [3.8, 4) is 0 Å². The highest BCUT2D eigenvalue weighted by Crippen LogP contribution is 2.67. The average Bonchev–Trinajstić information content (AvgIpc) is 2.74. The van der Waals surface area contributed by atoms with E-state index in [0.717, 1.165) is 0 Å². The van der Waals surface area contributed by atoms with E-state index >= 15 is 0 Å². The molecule has 0 heterocycles. The van der Waals surface area contributed by atoms with Gasteiger partial charge in [0.05, 0.1) is 0 Å². The maximum absolute atomic E-state index is 13.1. The molecule has 0 radical (unpaired) electrons. The predicted molar refractivity (Wildman–Crippen MR) is 178 cm³/mol. The number of phosphoric acid groups is 4. The Labute approximate surface area is 298 Å². The SMILES string of the molecule is O=P(O)(O)OP(=O)(O)OC(CC(Br)CBr)(CC(Br)CBr)C(CC(Br)CBr)(CC(Br)CBr)OP(=O)(O)OP(=O)(O)O. The summed E-state index contributed by atoms with van der Waals surface area (Å²) in [6.45, 7) is 0. The van der Waals surface area contributed by atoms with Crippen molar-refractivity contribution in [1.82, 2.24) is 0 Å². The third kappa shape index (κ3) is 17.0. The predicted octanol–water partition coefficient (Wildman–Crippen LogP) is 7.11. The molecule has 0 saturated heterocycles. The maximum Gasteiger partial charge on any atom is 0.481 e. The minimum Gasteiger partial charge on any atom is -0.302 e. The lowest BCUT2D eigenvalue weighted by molar-refractivity contribution is -0.150. The highest BCUT2D eigenvalue weighted by Gasteiger charge is 2.62. The van der Waals surface area contributed by atoms with Crippen molar-refractivity contribution in [3.05, 3.63) is 0 Å². The normalized spacial score (nSPS) is 22.2. The second kappa shape index (κ2) is 18.8. The zero-order valence-corrected chi connectivity index (χ0v) is 36.0. The van der Waals surface area contributed by atoms with Gasteiger partial charge in [-0.05, 0) is 25.7 Å². The van der Waals surface area contributed by atoms with Crippen molar-refractivity contribution in [1.29, 1.82) is 0 Å². The Balaban J connectivity index is 7.85. The van der Waals surface area contributed by atoms with Crippen molar-refractivity contribution < 1.29 is 65.3 Å². The van der Waals surface area contributed by atoms with Gasteiger partial charge in [-0.15, -0.1) is 0 Å². The zero-order valence-electron chi connectivity index (χ0n) is 19.7. The van der Waals surface area contributed by atoms with Crippen LogP contribution < -0.4 is 0 Å². The second-order valence-corrected chi connectivity index (χ2v) is 21.4. The van der Waals surface area contributed by atoms with Crippen molar-refractivity contribution in [2.75, 3.05) is 21.3 Å². The van der Waals surface area contributed by atoms with Gasteiger partial charge in [0.15, 0.2) is 0 Å². The van der Waals surface area contributed by atoms with Gasteiger partial charge in [0.25, 0.3) is 0 Å². The molecule has 40 heavy (non-hydrogen) atoms. The lowest BCUT2D eigenvalue weighted by atomic mass is 9.71. The summed E-state index contributed by atoms with van der Waals surface area (Å²) in [4.78, 5) is 55.7. The summed E-state index contributed by atoms with van der Waals surface area (Å²) in [5.41, 5.74) is -4.54. The molecule has 0 amide bonds. The molecule has 0 saturated carbocycles. The minimum atomic E-state index is -5.71. The topological polar surface area (TPSA) is 227 Å². The molecule has 14 nitrogen and oxygen atoms in total. The van der Waals surface area contributed by atoms with E-state index in [4.69, 9.17) is 9.05 Å². The molecule has 0 bridgehead atoms. The lowest BCUT2D eigenvalue weighted by Crippen LogP contribution is -2.61. The Morgan fingerprint density at radius 1 is 0.500 bits per heavy atom. The molecule has 0 aliphatic carbocycles. The summed E-state index contributed by atoms with van der Waals surface area (Å²) >= 11 is 26.5. The van der Waals surface area contributed by atoms with Crippen LogP contribution in [0.5, 0.6) is 0 Å². The van der Waals surface area contributed by atoms with Gasteiger partial charge in [-0.25, -0.2) is 18.3 Å². The van der Waals surface area contributed by atoms with Crippen LogP contribution >= 0.6 is 159 Å². The molecule has 242 valence electrons. The molecule has 26 heteroatoms. The Morgan fingerprint density at radius 2 is 0.700 bits per heavy atom. The van der Waals surface area contributed by atoms with Gasteiger partial charge in [-0.3, -0.25) is 9.05 Å². The van der Waals surface area contributed by atoms with Crippen LogP contribution in [0.15, 0.2) is 0 Å². The zero-order chi connectivity index (χ0) is 31.8. The Hall–Kier alpha value is 4.36. The quantitative estimate of drug-likeness (QED) is 0.0498. The van der Waals surface area contributed by atoms with E-state index in [1.54, 1.807) is 0 Å². The van der Waals surface area contributed by atoms with E-state index in [2.05, 4.69) is 136 Å². The van der Waals surface area contributed by atoms with Crippen LogP contribution in [-0.2, 0) is 35.9 Å². The number of hydrogen-bond acceptors (Lipinski definition) is 8. The average molecular weight is 1180 g/mol. The number of alkyl halides is 8. The molecule has 0 spiro atoms. The Bertz CT molecular complexity index is 884. The first-order valence-corrected chi connectivity index (χ1v) is 24.5. The van der Waals surface area contributed by atoms with Crippen molar-refractivity contribution >= 4 is 159 Å². The van der Waals surface area contributed by atoms with E-state index in [1.807, 2.05) is 0 Å². The first kappa shape index (κ1) is 44.4.